The Bertz CT molecular complexity index is 4500. The molecule has 96 heavy (non-hydrogen) atoms. The minimum Gasteiger partial charge on any atom is -0.497 e. The van der Waals surface area contributed by atoms with E-state index in [1.165, 1.54) is 0 Å². The monoisotopic (exact) mass is 1360 g/mol. The Labute approximate surface area is 567 Å². The third-order valence-electron chi connectivity index (χ3n) is 15.4. The van der Waals surface area contributed by atoms with Crippen molar-refractivity contribution in [1.29, 1.82) is 10.5 Å². The number of fused-ring (bicyclic) bond motifs is 2. The van der Waals surface area contributed by atoms with E-state index in [0.717, 1.165) is 55.3 Å². The van der Waals surface area contributed by atoms with Crippen LogP contribution in [0.25, 0.3) is 44.7 Å². The highest BCUT2D eigenvalue weighted by molar-refractivity contribution is 9.10. The molecule has 22 nitrogen and oxygen atoms in total. The minimum atomic E-state index is -0.672. The van der Waals surface area contributed by atoms with Crippen molar-refractivity contribution in [2.24, 2.45) is 0 Å². The Morgan fingerprint density at radius 2 is 1.00 bits per heavy atom. The molecule has 24 heteroatoms. The molecule has 1 fully saturated rings. The highest BCUT2D eigenvalue weighted by Crippen LogP contribution is 2.37. The Morgan fingerprint density at radius 1 is 0.542 bits per heavy atom. The third-order valence-corrected chi connectivity index (χ3v) is 15.9. The van der Waals surface area contributed by atoms with Gasteiger partial charge >= 0.3 is 19.3 Å². The molecule has 1 saturated heterocycles. The van der Waals surface area contributed by atoms with Gasteiger partial charge < -0.3 is 37.7 Å². The first-order valence-electron chi connectivity index (χ1n) is 30.7. The molecule has 0 aliphatic carbocycles. The number of nitriles is 2. The number of halogens is 1. The molecule has 0 spiro atoms. The number of aromatic nitrogens is 8. The molecule has 0 bridgehead atoms. The second-order valence-electron chi connectivity index (χ2n) is 25.3. The smallest absolute Gasteiger partial charge is 0.494 e. The lowest BCUT2D eigenvalue weighted by Gasteiger charge is -2.32. The van der Waals surface area contributed by atoms with E-state index in [1.54, 1.807) is 96.4 Å². The van der Waals surface area contributed by atoms with Gasteiger partial charge in [-0.3, -0.25) is 14.8 Å². The molecule has 6 aromatic heterocycles. The minimum absolute atomic E-state index is 0.211. The predicted octanol–water partition coefficient (Wildman–Crippen LogP) is 13.7. The zero-order valence-corrected chi connectivity index (χ0v) is 57.8. The Morgan fingerprint density at radius 3 is 1.46 bits per heavy atom. The van der Waals surface area contributed by atoms with Crippen molar-refractivity contribution in [3.63, 3.8) is 0 Å². The number of nitrogens with zero attached hydrogens (tertiary/aromatic N) is 12. The highest BCUT2D eigenvalue weighted by Gasteiger charge is 2.51. The molecule has 1 aliphatic rings. The lowest BCUT2D eigenvalue weighted by Crippen LogP contribution is -2.41. The second-order valence-corrected chi connectivity index (χ2v) is 26.1. The van der Waals surface area contributed by atoms with E-state index in [1.807, 2.05) is 178 Å². The fourth-order valence-corrected chi connectivity index (χ4v) is 10.3. The summed E-state index contributed by atoms with van der Waals surface area (Å²) in [6.45, 7) is 20.3. The maximum atomic E-state index is 13.4. The number of carbonyl (C=O) groups excluding carboxylic acids is 2. The number of benzene rings is 4. The van der Waals surface area contributed by atoms with Crippen LogP contribution in [-0.4, -0.2) is 119 Å². The lowest BCUT2D eigenvalue weighted by molar-refractivity contribution is 0.00578. The van der Waals surface area contributed by atoms with Gasteiger partial charge in [0.1, 0.15) is 62.3 Å². The zero-order valence-electron chi connectivity index (χ0n) is 56.2. The van der Waals surface area contributed by atoms with Crippen LogP contribution in [0.1, 0.15) is 103 Å². The molecule has 1 aliphatic heterocycles. The number of amides is 2. The first-order valence-corrected chi connectivity index (χ1v) is 31.5. The summed E-state index contributed by atoms with van der Waals surface area (Å²) >= 11 is 3.36. The molecule has 0 radical (unpaired) electrons. The van der Waals surface area contributed by atoms with E-state index in [2.05, 4.69) is 53.2 Å². The predicted molar refractivity (Wildman–Crippen MR) is 368 cm³/mol. The van der Waals surface area contributed by atoms with Gasteiger partial charge in [-0.1, -0.05) is 48.5 Å². The van der Waals surface area contributed by atoms with Gasteiger partial charge in [0.15, 0.2) is 11.6 Å². The Kier molecular flexibility index (Phi) is 21.8. The van der Waals surface area contributed by atoms with Crippen molar-refractivity contribution in [3.05, 3.63) is 196 Å². The van der Waals surface area contributed by atoms with Crippen LogP contribution < -0.4 is 24.4 Å². The van der Waals surface area contributed by atoms with Crippen molar-refractivity contribution < 1.29 is 47.3 Å². The maximum Gasteiger partial charge on any atom is 0.494 e. The molecule has 0 saturated carbocycles. The van der Waals surface area contributed by atoms with Crippen molar-refractivity contribution in [2.75, 3.05) is 28.4 Å². The summed E-state index contributed by atoms with van der Waals surface area (Å²) in [7, 11) is 5.92. The molecule has 0 N–H and O–H groups in total. The van der Waals surface area contributed by atoms with Crippen LogP contribution in [-0.2, 0) is 45.0 Å². The maximum absolute atomic E-state index is 13.4. The molecule has 0 atom stereocenters. The second kappa shape index (κ2) is 29.9. The number of ether oxygens (including phenoxy) is 6. The molecule has 4 aromatic carbocycles. The topological polar surface area (TPSA) is 249 Å². The van der Waals surface area contributed by atoms with Gasteiger partial charge in [0.05, 0.1) is 106 Å². The van der Waals surface area contributed by atoms with Crippen molar-refractivity contribution in [1.82, 2.24) is 49.3 Å². The quantitative estimate of drug-likeness (QED) is 0.0644. The highest BCUT2D eigenvalue weighted by atomic mass is 79.9. The van der Waals surface area contributed by atoms with E-state index in [0.29, 0.717) is 69.4 Å². The third kappa shape index (κ3) is 17.5. The average Bonchev–Trinajstić information content (AvgIpc) is 1.61. The lowest BCUT2D eigenvalue weighted by atomic mass is 9.79. The van der Waals surface area contributed by atoms with E-state index in [-0.39, 0.29) is 13.1 Å². The number of methoxy groups -OCH3 is 4. The zero-order chi connectivity index (χ0) is 69.1. The van der Waals surface area contributed by atoms with Crippen LogP contribution in [0.3, 0.4) is 0 Å². The SMILES string of the molecule is CC1(C)OB(c2ccc3cnn(-c4cccc(C#N)n4)c3c2)OC1(C)C.COc1ccc(CN(Cc2cccc(-c3ccc4cnn(-c5cccc(C#N)n5)c4c3)n2)C(=O)OC(C)(C)C)c(OC)c1.COc1ccc(CN(Cc2cccc(Br)n2)C(=O)OC(C)(C)C)c(OC)c1. The van der Waals surface area contributed by atoms with Crippen LogP contribution >= 0.6 is 15.9 Å². The number of pyridine rings is 4. The molecule has 494 valence electrons. The molecule has 0 unspecified atom stereocenters. The summed E-state index contributed by atoms with van der Waals surface area (Å²) in [6, 6.07) is 48.9. The van der Waals surface area contributed by atoms with Crippen LogP contribution in [0.15, 0.2) is 163 Å². The fraction of sp³-hybridized carbons (Fsp3) is 0.306. The Balaban J connectivity index is 0.000000178. The summed E-state index contributed by atoms with van der Waals surface area (Å²) in [5.74, 6) is 3.75. The summed E-state index contributed by atoms with van der Waals surface area (Å²) in [5, 5.41) is 29.2. The van der Waals surface area contributed by atoms with E-state index >= 15 is 0 Å². The van der Waals surface area contributed by atoms with Gasteiger partial charge in [-0.15, -0.1) is 0 Å². The molecular weight excluding hydrogens is 1280 g/mol. The van der Waals surface area contributed by atoms with Crippen LogP contribution in [0.4, 0.5) is 9.59 Å². The summed E-state index contributed by atoms with van der Waals surface area (Å²) in [4.78, 5) is 47.4. The van der Waals surface area contributed by atoms with Gasteiger partial charge in [0, 0.05) is 39.6 Å². The molecule has 11 rings (SSSR count). The summed E-state index contributed by atoms with van der Waals surface area (Å²) in [6.07, 6.45) is 2.66. The number of hydrogen-bond acceptors (Lipinski definition) is 18. The summed E-state index contributed by atoms with van der Waals surface area (Å²) in [5.41, 5.74) is 5.95. The standard InChI is InChI=1S/C33H32N6O4.C20H25BrN2O4.C19H19BN4O2/c1-33(2,3)43-32(40)38(20-24-14-15-27(41-4)17-30(24)42-5)21-26-9-6-10-28(36-26)22-12-13-23-19-35-39(29(23)16-22)31-11-7-8-25(18-34)37-31;1-20(2,3)27-19(24)23(13-15-7-6-8-18(21)22-15)12-14-9-10-16(25-4)11-17(14)26-5;1-18(2)19(3,4)26-20(25-18)14-9-8-13-12-22-24(16(13)10-14)17-7-5-6-15(11-21)23-17/h6-17,19H,20-21H2,1-5H3;6-11H,12-13H2,1-5H3;5-10,12H,1-4H3. The van der Waals surface area contributed by atoms with Crippen molar-refractivity contribution in [3.8, 4) is 58.0 Å². The number of carbonyl (C=O) groups is 2. The first kappa shape index (κ1) is 69.9. The van der Waals surface area contributed by atoms with Crippen LogP contribution in [0.2, 0.25) is 0 Å². The van der Waals surface area contributed by atoms with Gasteiger partial charge in [0.2, 0.25) is 0 Å². The fourth-order valence-electron chi connectivity index (χ4n) is 9.97. The largest absolute Gasteiger partial charge is 0.497 e. The Hall–Kier alpha value is -10.4. The van der Waals surface area contributed by atoms with Gasteiger partial charge in [0.25, 0.3) is 0 Å². The molecule has 10 aromatic rings. The average molecular weight is 1360 g/mol. The van der Waals surface area contributed by atoms with E-state index in [9.17, 15) is 14.9 Å². The van der Waals surface area contributed by atoms with E-state index < -0.39 is 41.7 Å². The van der Waals surface area contributed by atoms with E-state index in [4.69, 9.17) is 48.0 Å². The van der Waals surface area contributed by atoms with Crippen LogP contribution in [0, 0.1) is 22.7 Å². The van der Waals surface area contributed by atoms with Gasteiger partial charge in [-0.2, -0.15) is 20.7 Å². The normalized spacial score (nSPS) is 13.0. The molecule has 7 heterocycles. The summed E-state index contributed by atoms with van der Waals surface area (Å²) < 4.78 is 49.4. The molecule has 2 amide bonds. The van der Waals surface area contributed by atoms with Gasteiger partial charge in [-0.25, -0.2) is 33.9 Å². The first-order chi connectivity index (χ1) is 45.7. The number of rotatable bonds is 16. The van der Waals surface area contributed by atoms with Gasteiger partial charge in [-0.05, 0) is 176 Å². The van der Waals surface area contributed by atoms with Crippen molar-refractivity contribution in [2.45, 2.75) is 118 Å². The number of hydrogen-bond donors (Lipinski definition) is 0. The van der Waals surface area contributed by atoms with Crippen LogP contribution in [0.5, 0.6) is 23.0 Å². The molecular formula is C72H76BBrN12O10. The van der Waals surface area contributed by atoms with Crippen molar-refractivity contribution >= 4 is 62.5 Å².